The molecule has 1 amide bonds. The van der Waals surface area contributed by atoms with Crippen LogP contribution in [0.25, 0.3) is 32.9 Å². The molecule has 0 bridgehead atoms. The molecule has 1 aliphatic carbocycles. The maximum Gasteiger partial charge on any atom is 0.252 e. The lowest BCUT2D eigenvalue weighted by atomic mass is 9.82. The third-order valence-electron chi connectivity index (χ3n) is 6.50. The molecule has 30 heavy (non-hydrogen) atoms. The average Bonchev–Trinajstić information content (AvgIpc) is 3.40. The fraction of sp³-hybridized carbons (Fsp3) is 0.292. The molecule has 0 spiro atoms. The molecule has 6 nitrogen and oxygen atoms in total. The van der Waals surface area contributed by atoms with Gasteiger partial charge in [0.2, 0.25) is 0 Å². The maximum absolute atomic E-state index is 12.9. The summed E-state index contributed by atoms with van der Waals surface area (Å²) in [5.74, 6) is 0.0528. The van der Waals surface area contributed by atoms with E-state index in [9.17, 15) is 9.59 Å². The highest BCUT2D eigenvalue weighted by atomic mass is 16.2. The van der Waals surface area contributed by atoms with Crippen molar-refractivity contribution in [1.82, 2.24) is 20.1 Å². The van der Waals surface area contributed by atoms with Gasteiger partial charge in [0.15, 0.2) is 5.78 Å². The lowest BCUT2D eigenvalue weighted by molar-refractivity contribution is 0.0937. The molecule has 2 aromatic heterocycles. The van der Waals surface area contributed by atoms with Crippen molar-refractivity contribution in [3.63, 3.8) is 0 Å². The molecular formula is C24H22N4O2. The van der Waals surface area contributed by atoms with Crippen LogP contribution in [0, 0.1) is 5.92 Å². The molecule has 3 heterocycles. The van der Waals surface area contributed by atoms with E-state index in [-0.39, 0.29) is 17.6 Å². The molecule has 2 N–H and O–H groups in total. The van der Waals surface area contributed by atoms with Gasteiger partial charge in [0.1, 0.15) is 0 Å². The lowest BCUT2D eigenvalue weighted by Crippen LogP contribution is -2.15. The first-order valence-corrected chi connectivity index (χ1v) is 10.4. The number of aromatic amines is 1. The number of aromatic nitrogens is 3. The Labute approximate surface area is 173 Å². The monoisotopic (exact) mass is 398 g/mol. The Morgan fingerprint density at radius 2 is 2.00 bits per heavy atom. The van der Waals surface area contributed by atoms with E-state index in [0.717, 1.165) is 68.2 Å². The number of carbonyl (C=O) groups is 2. The molecule has 0 saturated carbocycles. The quantitative estimate of drug-likeness (QED) is 0.503. The van der Waals surface area contributed by atoms with Gasteiger partial charge in [-0.15, -0.1) is 0 Å². The zero-order valence-electron chi connectivity index (χ0n) is 17.2. The van der Waals surface area contributed by atoms with Crippen molar-refractivity contribution < 1.29 is 9.59 Å². The number of H-pyrrole nitrogens is 1. The van der Waals surface area contributed by atoms with Crippen molar-refractivity contribution in [3.8, 4) is 11.1 Å². The van der Waals surface area contributed by atoms with Crippen LogP contribution in [0.5, 0.6) is 0 Å². The van der Waals surface area contributed by atoms with Crippen LogP contribution in [0.4, 0.5) is 0 Å². The van der Waals surface area contributed by atoms with Gasteiger partial charge in [0.05, 0.1) is 16.8 Å². The van der Waals surface area contributed by atoms with Crippen LogP contribution in [0.15, 0.2) is 24.4 Å². The molecule has 0 radical (unpaired) electrons. The molecule has 6 heteroatoms. The van der Waals surface area contributed by atoms with Gasteiger partial charge in [-0.25, -0.2) is 0 Å². The molecule has 0 atom stereocenters. The van der Waals surface area contributed by atoms with E-state index >= 15 is 0 Å². The summed E-state index contributed by atoms with van der Waals surface area (Å²) in [6.45, 7) is 4.34. The number of Topliss-reactive ketones (excluding diaryl/α,β-unsaturated/α-hetero) is 1. The number of hydrogen-bond acceptors (Lipinski definition) is 3. The summed E-state index contributed by atoms with van der Waals surface area (Å²) in [7, 11) is 1.92. The smallest absolute Gasteiger partial charge is 0.252 e. The summed E-state index contributed by atoms with van der Waals surface area (Å²) >= 11 is 0. The first-order chi connectivity index (χ1) is 14.4. The number of nitrogens with one attached hydrogen (secondary N) is 2. The molecule has 2 aromatic carbocycles. The minimum atomic E-state index is -0.0571. The van der Waals surface area contributed by atoms with Crippen LogP contribution >= 0.6 is 0 Å². The Hall–Kier alpha value is -3.41. The van der Waals surface area contributed by atoms with Crippen LogP contribution < -0.4 is 5.32 Å². The summed E-state index contributed by atoms with van der Waals surface area (Å²) in [5.41, 5.74) is 8.89. The molecule has 0 saturated heterocycles. The van der Waals surface area contributed by atoms with E-state index in [1.54, 1.807) is 0 Å². The fourth-order valence-electron chi connectivity index (χ4n) is 5.17. The molecule has 6 rings (SSSR count). The van der Waals surface area contributed by atoms with Crippen molar-refractivity contribution in [1.29, 1.82) is 0 Å². The highest BCUT2D eigenvalue weighted by molar-refractivity contribution is 6.19. The lowest BCUT2D eigenvalue weighted by Gasteiger charge is -2.19. The summed E-state index contributed by atoms with van der Waals surface area (Å²) in [6, 6.07) is 5.88. The normalized spacial score (nSPS) is 14.9. The van der Waals surface area contributed by atoms with E-state index in [2.05, 4.69) is 15.4 Å². The highest BCUT2D eigenvalue weighted by Crippen LogP contribution is 2.45. The zero-order chi connectivity index (χ0) is 20.7. The van der Waals surface area contributed by atoms with E-state index < -0.39 is 0 Å². The molecular weight excluding hydrogens is 376 g/mol. The van der Waals surface area contributed by atoms with Gasteiger partial charge < -0.3 is 10.3 Å². The van der Waals surface area contributed by atoms with Crippen molar-refractivity contribution in [2.24, 2.45) is 13.0 Å². The number of amides is 1. The minimum Gasteiger partial charge on any atom is -0.354 e. The van der Waals surface area contributed by atoms with Crippen molar-refractivity contribution >= 4 is 33.5 Å². The number of nitrogens with zero attached hydrogens (tertiary/aromatic N) is 2. The predicted molar refractivity (Wildman–Crippen MR) is 116 cm³/mol. The van der Waals surface area contributed by atoms with Gasteiger partial charge in [-0.05, 0) is 42.2 Å². The summed E-state index contributed by atoms with van der Waals surface area (Å²) in [4.78, 5) is 29.1. The first kappa shape index (κ1) is 17.4. The van der Waals surface area contributed by atoms with Gasteiger partial charge >= 0.3 is 0 Å². The summed E-state index contributed by atoms with van der Waals surface area (Å²) in [6.07, 6.45) is 3.71. The molecule has 4 aromatic rings. The van der Waals surface area contributed by atoms with Crippen LogP contribution in [-0.2, 0) is 26.4 Å². The number of benzene rings is 2. The molecule has 0 unspecified atom stereocenters. The van der Waals surface area contributed by atoms with E-state index in [0.29, 0.717) is 6.54 Å². The number of ketones is 1. The Kier molecular flexibility index (Phi) is 3.38. The number of carbonyl (C=O) groups excluding carboxylic acids is 2. The third-order valence-corrected chi connectivity index (χ3v) is 6.50. The standard InChI is InChI=1S/C24H22N4O2/c1-11(2)23(29)12-4-6-17-14(8-12)20-15-9-25-24(30)21(15)19-13(22(20)26-17)5-7-18-16(19)10-28(3)27-18/h4,6,8,10-11,26H,5,7,9H2,1-3H3,(H,25,30). The topological polar surface area (TPSA) is 79.8 Å². The second kappa shape index (κ2) is 5.81. The maximum atomic E-state index is 12.9. The Balaban J connectivity index is 1.74. The SMILES string of the molecule is CC(C)C(=O)c1ccc2[nH]c3c4c(c5c(c3c2c1)CNC5=O)-c1cn(C)nc1CC4. The Bertz CT molecular complexity index is 1420. The van der Waals surface area contributed by atoms with Crippen LogP contribution in [0.1, 0.15) is 51.4 Å². The number of hydrogen-bond donors (Lipinski definition) is 2. The van der Waals surface area contributed by atoms with Gasteiger partial charge in [-0.3, -0.25) is 14.3 Å². The van der Waals surface area contributed by atoms with Crippen LogP contribution in [0.3, 0.4) is 0 Å². The Morgan fingerprint density at radius 1 is 1.17 bits per heavy atom. The van der Waals surface area contributed by atoms with E-state index in [4.69, 9.17) is 0 Å². The highest BCUT2D eigenvalue weighted by Gasteiger charge is 2.34. The van der Waals surface area contributed by atoms with Crippen molar-refractivity contribution in [3.05, 3.63) is 52.3 Å². The molecule has 0 fully saturated rings. The summed E-state index contributed by atoms with van der Waals surface area (Å²) in [5, 5.41) is 9.73. The number of aryl methyl sites for hydroxylation is 3. The molecule has 150 valence electrons. The number of fused-ring (bicyclic) bond motifs is 10. The Morgan fingerprint density at radius 3 is 2.80 bits per heavy atom. The minimum absolute atomic E-state index is 0.0244. The fourth-order valence-corrected chi connectivity index (χ4v) is 5.17. The average molecular weight is 398 g/mol. The van der Waals surface area contributed by atoms with Gasteiger partial charge in [-0.2, -0.15) is 5.10 Å². The van der Waals surface area contributed by atoms with Gasteiger partial charge in [0, 0.05) is 58.7 Å². The largest absolute Gasteiger partial charge is 0.354 e. The van der Waals surface area contributed by atoms with Crippen LogP contribution in [-0.4, -0.2) is 26.5 Å². The van der Waals surface area contributed by atoms with Crippen molar-refractivity contribution in [2.45, 2.75) is 33.2 Å². The second-order valence-electron chi connectivity index (χ2n) is 8.71. The van der Waals surface area contributed by atoms with Gasteiger partial charge in [0.25, 0.3) is 5.91 Å². The van der Waals surface area contributed by atoms with E-state index in [1.807, 2.05) is 50.0 Å². The third kappa shape index (κ3) is 2.16. The summed E-state index contributed by atoms with van der Waals surface area (Å²) < 4.78 is 1.83. The first-order valence-electron chi connectivity index (χ1n) is 10.4. The second-order valence-corrected chi connectivity index (χ2v) is 8.71. The van der Waals surface area contributed by atoms with E-state index in [1.165, 1.54) is 5.56 Å². The zero-order valence-corrected chi connectivity index (χ0v) is 17.2. The van der Waals surface area contributed by atoms with Crippen LogP contribution in [0.2, 0.25) is 0 Å². The molecule has 2 aliphatic rings. The van der Waals surface area contributed by atoms with Gasteiger partial charge in [-0.1, -0.05) is 13.8 Å². The predicted octanol–water partition coefficient (Wildman–Crippen LogP) is 3.90. The van der Waals surface area contributed by atoms with Crippen molar-refractivity contribution in [2.75, 3.05) is 0 Å². The molecule has 1 aliphatic heterocycles. The number of rotatable bonds is 2.